The van der Waals surface area contributed by atoms with E-state index in [-0.39, 0.29) is 5.82 Å². The number of fused-ring (bicyclic) bond motifs is 1. The van der Waals surface area contributed by atoms with Gasteiger partial charge in [0.2, 0.25) is 0 Å². The first-order valence-electron chi connectivity index (χ1n) is 11.1. The molecule has 2 aliphatic carbocycles. The van der Waals surface area contributed by atoms with Crippen molar-refractivity contribution in [1.82, 2.24) is 0 Å². The zero-order valence-corrected chi connectivity index (χ0v) is 17.0. The average Bonchev–Trinajstić information content (AvgIpc) is 2.74. The molecular weight excluding hydrogens is 343 g/mol. The zero-order chi connectivity index (χ0) is 19.3. The average molecular weight is 375 g/mol. The Morgan fingerprint density at radius 3 is 2.07 bits per heavy atom. The van der Waals surface area contributed by atoms with Crippen molar-refractivity contribution < 1.29 is 4.39 Å². The lowest BCUT2D eigenvalue weighted by Gasteiger charge is -2.42. The van der Waals surface area contributed by atoms with Gasteiger partial charge in [-0.15, -0.1) is 0 Å². The Morgan fingerprint density at radius 2 is 1.39 bits per heavy atom. The fourth-order valence-corrected chi connectivity index (χ4v) is 5.48. The maximum absolute atomic E-state index is 13.0. The van der Waals surface area contributed by atoms with Gasteiger partial charge in [-0.05, 0) is 97.7 Å². The summed E-state index contributed by atoms with van der Waals surface area (Å²) in [4.78, 5) is 0. The van der Waals surface area contributed by atoms with E-state index in [9.17, 15) is 4.39 Å². The van der Waals surface area contributed by atoms with Gasteiger partial charge in [0.1, 0.15) is 5.82 Å². The molecule has 4 rings (SSSR count). The summed E-state index contributed by atoms with van der Waals surface area (Å²) in [5, 5.41) is 0. The number of rotatable bonds is 3. The molecule has 0 aliphatic heterocycles. The van der Waals surface area contributed by atoms with E-state index < -0.39 is 0 Å². The van der Waals surface area contributed by atoms with E-state index in [4.69, 9.17) is 0 Å². The van der Waals surface area contributed by atoms with Crippen molar-refractivity contribution in [2.75, 3.05) is 0 Å². The van der Waals surface area contributed by atoms with E-state index in [1.807, 2.05) is 0 Å². The van der Waals surface area contributed by atoms with Crippen molar-refractivity contribution in [3.63, 3.8) is 0 Å². The number of benzene rings is 2. The van der Waals surface area contributed by atoms with Gasteiger partial charge in [0.15, 0.2) is 0 Å². The molecule has 0 heterocycles. The van der Waals surface area contributed by atoms with Crippen LogP contribution in [0, 0.1) is 35.4 Å². The molecule has 2 aliphatic rings. The van der Waals surface area contributed by atoms with E-state index in [2.05, 4.69) is 43.0 Å². The first kappa shape index (κ1) is 19.3. The predicted molar refractivity (Wildman–Crippen MR) is 115 cm³/mol. The quantitative estimate of drug-likeness (QED) is 0.494. The number of halogens is 1. The summed E-state index contributed by atoms with van der Waals surface area (Å²) in [5.41, 5.74) is 3.37. The summed E-state index contributed by atoms with van der Waals surface area (Å²) in [6.07, 6.45) is 11.3. The summed E-state index contributed by atoms with van der Waals surface area (Å²) in [7, 11) is 0. The Bertz CT molecular complexity index is 821. The second-order valence-corrected chi connectivity index (χ2v) is 8.88. The smallest absolute Gasteiger partial charge is 0.123 e. The van der Waals surface area contributed by atoms with Crippen molar-refractivity contribution in [2.24, 2.45) is 17.8 Å². The molecule has 0 bridgehead atoms. The van der Waals surface area contributed by atoms with Crippen molar-refractivity contribution >= 4 is 0 Å². The van der Waals surface area contributed by atoms with Gasteiger partial charge in [-0.1, -0.05) is 50.2 Å². The number of hydrogen-bond donors (Lipinski definition) is 0. The molecular formula is C27H31F. The minimum absolute atomic E-state index is 0.219. The van der Waals surface area contributed by atoms with Gasteiger partial charge < -0.3 is 0 Å². The summed E-state index contributed by atoms with van der Waals surface area (Å²) < 4.78 is 13.0. The third-order valence-corrected chi connectivity index (χ3v) is 7.00. The highest BCUT2D eigenvalue weighted by atomic mass is 19.1. The fraction of sp³-hybridized carbons (Fsp3) is 0.481. The highest BCUT2D eigenvalue weighted by molar-refractivity contribution is 5.43. The van der Waals surface area contributed by atoms with Crippen LogP contribution in [-0.4, -0.2) is 0 Å². The van der Waals surface area contributed by atoms with Crippen LogP contribution in [0.3, 0.4) is 0 Å². The van der Waals surface area contributed by atoms with Gasteiger partial charge in [0.05, 0.1) is 0 Å². The normalized spacial score (nSPS) is 26.8. The van der Waals surface area contributed by atoms with Gasteiger partial charge in [0.25, 0.3) is 0 Å². The zero-order valence-electron chi connectivity index (χ0n) is 17.0. The van der Waals surface area contributed by atoms with Gasteiger partial charge in [-0.3, -0.25) is 0 Å². The van der Waals surface area contributed by atoms with E-state index in [1.54, 1.807) is 12.1 Å². The van der Waals surface area contributed by atoms with E-state index >= 15 is 0 Å². The molecule has 0 aromatic heterocycles. The lowest BCUT2D eigenvalue weighted by molar-refractivity contribution is 0.114. The Morgan fingerprint density at radius 1 is 0.786 bits per heavy atom. The molecule has 4 atom stereocenters. The monoisotopic (exact) mass is 374 g/mol. The SMILES string of the molecule is CCCC1CCC2CC(c3ccc(C#Cc4ccc(F)cc4)cc3)CCC2C1. The van der Waals surface area contributed by atoms with Crippen LogP contribution in [0.1, 0.15) is 80.9 Å². The molecule has 4 unspecified atom stereocenters. The van der Waals surface area contributed by atoms with Crippen LogP contribution in [-0.2, 0) is 0 Å². The van der Waals surface area contributed by atoms with E-state index in [0.717, 1.165) is 34.8 Å². The maximum Gasteiger partial charge on any atom is 0.123 e. The van der Waals surface area contributed by atoms with Crippen molar-refractivity contribution in [3.05, 3.63) is 71.0 Å². The largest absolute Gasteiger partial charge is 0.207 e. The summed E-state index contributed by atoms with van der Waals surface area (Å²) in [6.45, 7) is 2.33. The summed E-state index contributed by atoms with van der Waals surface area (Å²) in [6, 6.07) is 15.2. The Kier molecular flexibility index (Phi) is 6.16. The fourth-order valence-electron chi connectivity index (χ4n) is 5.48. The first-order valence-corrected chi connectivity index (χ1v) is 11.1. The second-order valence-electron chi connectivity index (χ2n) is 8.88. The van der Waals surface area contributed by atoms with Crippen LogP contribution in [0.15, 0.2) is 48.5 Å². The molecule has 28 heavy (non-hydrogen) atoms. The van der Waals surface area contributed by atoms with Crippen LogP contribution in [0.4, 0.5) is 4.39 Å². The molecule has 0 radical (unpaired) electrons. The van der Waals surface area contributed by atoms with Crippen LogP contribution in [0.5, 0.6) is 0 Å². The molecule has 0 N–H and O–H groups in total. The molecule has 146 valence electrons. The standard InChI is InChI=1S/C27H31F/c1-2-3-22-8-13-26-19-25(15-14-24(26)18-22)23-11-6-20(7-12-23)4-5-21-9-16-27(28)17-10-21/h6-7,9-12,16-17,22,24-26H,2-3,8,13-15,18-19H2,1H3. The topological polar surface area (TPSA) is 0 Å². The second kappa shape index (κ2) is 8.95. The van der Waals surface area contributed by atoms with Crippen molar-refractivity contribution in [1.29, 1.82) is 0 Å². The maximum atomic E-state index is 13.0. The van der Waals surface area contributed by atoms with Gasteiger partial charge in [0, 0.05) is 11.1 Å². The first-order chi connectivity index (χ1) is 13.7. The summed E-state index contributed by atoms with van der Waals surface area (Å²) >= 11 is 0. The molecule has 1 heteroatoms. The molecule has 0 nitrogen and oxygen atoms in total. The van der Waals surface area contributed by atoms with Crippen molar-refractivity contribution in [2.45, 2.75) is 64.2 Å². The number of hydrogen-bond acceptors (Lipinski definition) is 0. The van der Waals surface area contributed by atoms with Crippen LogP contribution in [0.2, 0.25) is 0 Å². The highest BCUT2D eigenvalue weighted by Gasteiger charge is 2.35. The van der Waals surface area contributed by atoms with Crippen molar-refractivity contribution in [3.8, 4) is 11.8 Å². The minimum atomic E-state index is -0.219. The van der Waals surface area contributed by atoms with Gasteiger partial charge in [-0.2, -0.15) is 0 Å². The van der Waals surface area contributed by atoms with Crippen LogP contribution < -0.4 is 0 Å². The lowest BCUT2D eigenvalue weighted by Crippen LogP contribution is -2.30. The van der Waals surface area contributed by atoms with Gasteiger partial charge in [-0.25, -0.2) is 4.39 Å². The van der Waals surface area contributed by atoms with Crippen LogP contribution in [0.25, 0.3) is 0 Å². The van der Waals surface area contributed by atoms with Gasteiger partial charge >= 0.3 is 0 Å². The Balaban J connectivity index is 1.37. The molecule has 0 amide bonds. The molecule has 2 aromatic carbocycles. The molecule has 0 spiro atoms. The molecule has 2 saturated carbocycles. The predicted octanol–water partition coefficient (Wildman–Crippen LogP) is 7.33. The molecule has 2 fully saturated rings. The Labute approximate surface area is 169 Å². The third kappa shape index (κ3) is 4.67. The van der Waals surface area contributed by atoms with E-state index in [0.29, 0.717) is 0 Å². The molecule has 2 aromatic rings. The molecule has 0 saturated heterocycles. The lowest BCUT2D eigenvalue weighted by atomic mass is 9.63. The van der Waals surface area contributed by atoms with E-state index in [1.165, 1.54) is 69.1 Å². The minimum Gasteiger partial charge on any atom is -0.207 e. The third-order valence-electron chi connectivity index (χ3n) is 7.00. The summed E-state index contributed by atoms with van der Waals surface area (Å²) in [5.74, 6) is 9.77. The van der Waals surface area contributed by atoms with Crippen LogP contribution >= 0.6 is 0 Å². The Hall–Kier alpha value is -2.07. The highest BCUT2D eigenvalue weighted by Crippen LogP contribution is 2.48.